The zero-order chi connectivity index (χ0) is 18.4. The van der Waals surface area contributed by atoms with Crippen LogP contribution in [-0.4, -0.2) is 25.0 Å². The molecule has 0 aliphatic heterocycles. The van der Waals surface area contributed by atoms with Crippen molar-refractivity contribution in [1.82, 2.24) is 25.0 Å². The Bertz CT molecular complexity index is 1160. The number of benzene rings is 2. The van der Waals surface area contributed by atoms with Gasteiger partial charge in [0, 0.05) is 16.1 Å². The zero-order valence-electron chi connectivity index (χ0n) is 13.2. The topological polar surface area (TPSA) is 56.5 Å². The van der Waals surface area contributed by atoms with Crippen LogP contribution < -0.4 is 0 Å². The average molecular weight is 392 g/mol. The summed E-state index contributed by atoms with van der Waals surface area (Å²) < 4.78 is 29.2. The van der Waals surface area contributed by atoms with E-state index < -0.39 is 11.6 Å². The van der Waals surface area contributed by atoms with Crippen molar-refractivity contribution in [3.8, 4) is 16.9 Å². The van der Waals surface area contributed by atoms with E-state index in [2.05, 4.69) is 20.3 Å². The lowest BCUT2D eigenvalue weighted by Gasteiger charge is -2.13. The lowest BCUT2D eigenvalue weighted by atomic mass is 10.0. The van der Waals surface area contributed by atoms with Crippen molar-refractivity contribution < 1.29 is 8.78 Å². The van der Waals surface area contributed by atoms with Crippen LogP contribution in [-0.2, 0) is 0 Å². The highest BCUT2D eigenvalue weighted by molar-refractivity contribution is 6.33. The Morgan fingerprint density at radius 1 is 1.04 bits per heavy atom. The molecule has 0 saturated heterocycles. The Kier molecular flexibility index (Phi) is 4.05. The van der Waals surface area contributed by atoms with E-state index >= 15 is 0 Å². The summed E-state index contributed by atoms with van der Waals surface area (Å²) in [5, 5.41) is 8.34. The molecule has 0 atom stereocenters. The van der Waals surface area contributed by atoms with E-state index in [1.54, 1.807) is 6.92 Å². The SMILES string of the molecule is Cc1ncnc(-n2nnc3cc(Cl)cc(F)c32)c1-c1ccc(F)cc1Cl. The number of aryl methyl sites for hydroxylation is 1. The number of nitrogens with zero attached hydrogens (tertiary/aromatic N) is 5. The summed E-state index contributed by atoms with van der Waals surface area (Å²) >= 11 is 12.1. The summed E-state index contributed by atoms with van der Waals surface area (Å²) in [7, 11) is 0. The van der Waals surface area contributed by atoms with Gasteiger partial charge in [-0.2, -0.15) is 4.68 Å². The first-order valence-corrected chi connectivity index (χ1v) is 8.19. The summed E-state index contributed by atoms with van der Waals surface area (Å²) in [5.74, 6) is -0.790. The third kappa shape index (κ3) is 2.69. The molecule has 4 rings (SSSR count). The fourth-order valence-corrected chi connectivity index (χ4v) is 3.21. The molecule has 5 nitrogen and oxygen atoms in total. The van der Waals surface area contributed by atoms with Crippen LogP contribution in [0.5, 0.6) is 0 Å². The monoisotopic (exact) mass is 391 g/mol. The number of aromatic nitrogens is 5. The molecule has 2 aromatic carbocycles. The van der Waals surface area contributed by atoms with Gasteiger partial charge >= 0.3 is 0 Å². The molecular weight excluding hydrogens is 383 g/mol. The van der Waals surface area contributed by atoms with Gasteiger partial charge in [-0.25, -0.2) is 18.7 Å². The molecule has 4 aromatic rings. The molecule has 0 aliphatic carbocycles. The molecule has 0 aliphatic rings. The molecule has 26 heavy (non-hydrogen) atoms. The van der Waals surface area contributed by atoms with Gasteiger partial charge in [0.15, 0.2) is 11.6 Å². The molecule has 0 fully saturated rings. The molecule has 130 valence electrons. The summed E-state index contributed by atoms with van der Waals surface area (Å²) in [4.78, 5) is 8.40. The Balaban J connectivity index is 2.04. The molecule has 9 heteroatoms. The van der Waals surface area contributed by atoms with Crippen molar-refractivity contribution >= 4 is 34.2 Å². The fourth-order valence-electron chi connectivity index (χ4n) is 2.75. The van der Waals surface area contributed by atoms with Gasteiger partial charge < -0.3 is 0 Å². The second-order valence-electron chi connectivity index (χ2n) is 5.54. The van der Waals surface area contributed by atoms with Gasteiger partial charge in [-0.3, -0.25) is 0 Å². The van der Waals surface area contributed by atoms with Crippen LogP contribution in [0, 0.1) is 18.6 Å². The Labute approximate surface area is 156 Å². The van der Waals surface area contributed by atoms with Crippen LogP contribution in [0.2, 0.25) is 10.0 Å². The van der Waals surface area contributed by atoms with Gasteiger partial charge in [0.2, 0.25) is 0 Å². The highest BCUT2D eigenvalue weighted by Gasteiger charge is 2.20. The van der Waals surface area contributed by atoms with Crippen LogP contribution in [0.15, 0.2) is 36.7 Å². The molecule has 0 radical (unpaired) electrons. The molecule has 2 heterocycles. The molecule has 0 saturated carbocycles. The summed E-state index contributed by atoms with van der Waals surface area (Å²) in [6, 6.07) is 6.65. The van der Waals surface area contributed by atoms with E-state index in [9.17, 15) is 8.78 Å². The number of hydrogen-bond acceptors (Lipinski definition) is 4. The largest absolute Gasteiger partial charge is 0.241 e. The van der Waals surface area contributed by atoms with E-state index in [0.29, 0.717) is 16.8 Å². The molecule has 0 unspecified atom stereocenters. The van der Waals surface area contributed by atoms with Gasteiger partial charge in [0.25, 0.3) is 0 Å². The minimum Gasteiger partial charge on any atom is -0.241 e. The molecule has 0 N–H and O–H groups in total. The maximum Gasteiger partial charge on any atom is 0.167 e. The lowest BCUT2D eigenvalue weighted by Crippen LogP contribution is -2.06. The normalized spacial score (nSPS) is 11.3. The van der Waals surface area contributed by atoms with Crippen LogP contribution in [0.25, 0.3) is 28.0 Å². The zero-order valence-corrected chi connectivity index (χ0v) is 14.7. The number of fused-ring (bicyclic) bond motifs is 1. The average Bonchev–Trinajstić information content (AvgIpc) is 2.99. The van der Waals surface area contributed by atoms with Crippen LogP contribution in [0.1, 0.15) is 5.69 Å². The maximum atomic E-state index is 14.5. The third-order valence-electron chi connectivity index (χ3n) is 3.88. The van der Waals surface area contributed by atoms with Gasteiger partial charge in [0.05, 0.1) is 10.7 Å². The first kappa shape index (κ1) is 16.8. The quantitative estimate of drug-likeness (QED) is 0.493. The maximum absolute atomic E-state index is 14.5. The molecule has 0 amide bonds. The lowest BCUT2D eigenvalue weighted by molar-refractivity contribution is 0.628. The number of halogens is 4. The van der Waals surface area contributed by atoms with Gasteiger partial charge in [-0.15, -0.1) is 5.10 Å². The highest BCUT2D eigenvalue weighted by Crippen LogP contribution is 2.34. The van der Waals surface area contributed by atoms with Crippen molar-refractivity contribution in [2.24, 2.45) is 0 Å². The number of rotatable bonds is 2. The van der Waals surface area contributed by atoms with E-state index in [-0.39, 0.29) is 26.9 Å². The first-order chi connectivity index (χ1) is 12.5. The second-order valence-corrected chi connectivity index (χ2v) is 6.38. The van der Waals surface area contributed by atoms with Crippen molar-refractivity contribution in [2.75, 3.05) is 0 Å². The van der Waals surface area contributed by atoms with Crippen LogP contribution in [0.3, 0.4) is 0 Å². The smallest absolute Gasteiger partial charge is 0.167 e. The molecular formula is C17H9Cl2F2N5. The summed E-state index contributed by atoms with van der Waals surface area (Å²) in [5.41, 5.74) is 1.97. The summed E-state index contributed by atoms with van der Waals surface area (Å²) in [6.45, 7) is 1.74. The van der Waals surface area contributed by atoms with Crippen LogP contribution >= 0.6 is 23.2 Å². The minimum absolute atomic E-state index is 0.118. The van der Waals surface area contributed by atoms with Gasteiger partial charge in [0.1, 0.15) is 23.2 Å². The predicted molar refractivity (Wildman–Crippen MR) is 94.6 cm³/mol. The van der Waals surface area contributed by atoms with Crippen molar-refractivity contribution in [2.45, 2.75) is 6.92 Å². The van der Waals surface area contributed by atoms with Gasteiger partial charge in [-0.05, 0) is 37.3 Å². The summed E-state index contributed by atoms with van der Waals surface area (Å²) in [6.07, 6.45) is 1.33. The van der Waals surface area contributed by atoms with Crippen molar-refractivity contribution in [3.63, 3.8) is 0 Å². The Hall–Kier alpha value is -2.64. The number of hydrogen-bond donors (Lipinski definition) is 0. The molecule has 0 bridgehead atoms. The minimum atomic E-state index is -0.593. The van der Waals surface area contributed by atoms with E-state index in [0.717, 1.165) is 0 Å². The van der Waals surface area contributed by atoms with Gasteiger partial charge in [-0.1, -0.05) is 28.4 Å². The standard InChI is InChI=1S/C17H9Cl2F2N5/c1-8-15(11-3-2-10(20)6-12(11)19)17(23-7-22-8)26-16-13(21)4-9(18)5-14(16)24-25-26/h2-7H,1H3. The highest BCUT2D eigenvalue weighted by atomic mass is 35.5. The van der Waals surface area contributed by atoms with E-state index in [4.69, 9.17) is 23.2 Å². The van der Waals surface area contributed by atoms with Crippen molar-refractivity contribution in [1.29, 1.82) is 0 Å². The Morgan fingerprint density at radius 2 is 1.85 bits per heavy atom. The first-order valence-electron chi connectivity index (χ1n) is 7.43. The van der Waals surface area contributed by atoms with Crippen molar-refractivity contribution in [3.05, 3.63) is 64.0 Å². The third-order valence-corrected chi connectivity index (χ3v) is 4.41. The molecule has 2 aromatic heterocycles. The fraction of sp³-hybridized carbons (Fsp3) is 0.0588. The van der Waals surface area contributed by atoms with E-state index in [1.165, 1.54) is 41.3 Å². The second kappa shape index (κ2) is 6.26. The van der Waals surface area contributed by atoms with E-state index in [1.807, 2.05) is 0 Å². The predicted octanol–water partition coefficient (Wildman–Crippen LogP) is 4.77. The Morgan fingerprint density at radius 3 is 2.62 bits per heavy atom. The van der Waals surface area contributed by atoms with Crippen LogP contribution in [0.4, 0.5) is 8.78 Å². The molecule has 0 spiro atoms.